The molecular weight excluding hydrogens is 226 g/mol. The average Bonchev–Trinajstić information content (AvgIpc) is 3.01. The van der Waals surface area contributed by atoms with Crippen LogP contribution in [-0.4, -0.2) is 35.9 Å². The van der Waals surface area contributed by atoms with Gasteiger partial charge in [0.05, 0.1) is 30.2 Å². The van der Waals surface area contributed by atoms with E-state index in [1.54, 1.807) is 0 Å². The van der Waals surface area contributed by atoms with Crippen molar-refractivity contribution in [1.29, 1.82) is 0 Å². The zero-order valence-corrected chi connectivity index (χ0v) is 10.9. The fourth-order valence-electron chi connectivity index (χ4n) is 2.80. The maximum atomic E-state index is 5.59. The van der Waals surface area contributed by atoms with Crippen molar-refractivity contribution in [2.75, 3.05) is 20.3 Å². The molecule has 1 saturated heterocycles. The summed E-state index contributed by atoms with van der Waals surface area (Å²) >= 11 is 0. The topological polar surface area (TPSA) is 39.1 Å². The molecule has 2 heterocycles. The lowest BCUT2D eigenvalue weighted by Gasteiger charge is -2.17. The van der Waals surface area contributed by atoms with Gasteiger partial charge in [-0.25, -0.2) is 4.98 Å². The summed E-state index contributed by atoms with van der Waals surface area (Å²) < 4.78 is 7.90. The highest BCUT2D eigenvalue weighted by molar-refractivity contribution is 5.76. The van der Waals surface area contributed by atoms with Gasteiger partial charge in [0, 0.05) is 12.6 Å². The fourth-order valence-corrected chi connectivity index (χ4v) is 2.80. The Balaban J connectivity index is 2.10. The summed E-state index contributed by atoms with van der Waals surface area (Å²) in [6.07, 6.45) is 0. The Hall–Kier alpha value is -1.39. The Bertz CT molecular complexity index is 549. The van der Waals surface area contributed by atoms with E-state index in [1.165, 1.54) is 5.52 Å². The molecule has 2 unspecified atom stereocenters. The summed E-state index contributed by atoms with van der Waals surface area (Å²) in [5.74, 6) is 1.50. The molecule has 0 saturated carbocycles. The van der Waals surface area contributed by atoms with Crippen LogP contribution in [0.5, 0.6) is 0 Å². The van der Waals surface area contributed by atoms with Gasteiger partial charge < -0.3 is 14.6 Å². The molecule has 1 aromatic heterocycles. The Morgan fingerprint density at radius 3 is 3.00 bits per heavy atom. The van der Waals surface area contributed by atoms with Gasteiger partial charge in [-0.05, 0) is 26.1 Å². The molecule has 96 valence electrons. The Morgan fingerprint density at radius 1 is 1.39 bits per heavy atom. The molecule has 0 spiro atoms. The molecule has 4 heteroatoms. The number of aromatic nitrogens is 2. The summed E-state index contributed by atoms with van der Waals surface area (Å²) in [6, 6.07) is 8.70. The normalized spacial score (nSPS) is 23.9. The van der Waals surface area contributed by atoms with Crippen molar-refractivity contribution in [2.45, 2.75) is 25.4 Å². The second-order valence-corrected chi connectivity index (χ2v) is 4.74. The van der Waals surface area contributed by atoms with Crippen molar-refractivity contribution in [3.05, 3.63) is 30.1 Å². The fraction of sp³-hybridized carbons (Fsp3) is 0.500. The van der Waals surface area contributed by atoms with Crippen LogP contribution in [0.15, 0.2) is 24.3 Å². The van der Waals surface area contributed by atoms with Crippen LogP contribution in [0.1, 0.15) is 18.7 Å². The third-order valence-electron chi connectivity index (χ3n) is 3.78. The molecule has 1 N–H and O–H groups in total. The highest BCUT2D eigenvalue weighted by Crippen LogP contribution is 2.28. The Morgan fingerprint density at radius 2 is 2.22 bits per heavy atom. The molecule has 0 radical (unpaired) electrons. The highest BCUT2D eigenvalue weighted by atomic mass is 16.5. The summed E-state index contributed by atoms with van der Waals surface area (Å²) in [5, 5.41) is 3.33. The van der Waals surface area contributed by atoms with E-state index in [0.29, 0.717) is 12.0 Å². The zero-order chi connectivity index (χ0) is 12.5. The van der Waals surface area contributed by atoms with Gasteiger partial charge in [0.15, 0.2) is 0 Å². The van der Waals surface area contributed by atoms with Gasteiger partial charge in [0.1, 0.15) is 5.82 Å². The molecule has 0 amide bonds. The number of imidazole rings is 1. The minimum atomic E-state index is 0.349. The van der Waals surface area contributed by atoms with Crippen molar-refractivity contribution in [3.63, 3.8) is 0 Å². The number of fused-ring (bicyclic) bond motifs is 1. The molecule has 4 nitrogen and oxygen atoms in total. The molecule has 2 aromatic rings. The molecule has 0 bridgehead atoms. The van der Waals surface area contributed by atoms with E-state index in [2.05, 4.69) is 35.0 Å². The predicted molar refractivity (Wildman–Crippen MR) is 71.8 cm³/mol. The van der Waals surface area contributed by atoms with Crippen molar-refractivity contribution in [2.24, 2.45) is 0 Å². The van der Waals surface area contributed by atoms with Crippen LogP contribution >= 0.6 is 0 Å². The SMILES string of the molecule is CCn1c(C2COCC2NC)nc2ccccc21. The molecular formula is C14H19N3O. The van der Waals surface area contributed by atoms with Crippen LogP contribution in [0.4, 0.5) is 0 Å². The average molecular weight is 245 g/mol. The van der Waals surface area contributed by atoms with Crippen LogP contribution in [-0.2, 0) is 11.3 Å². The Kier molecular flexibility index (Phi) is 3.06. The lowest BCUT2D eigenvalue weighted by Crippen LogP contribution is -2.32. The maximum absolute atomic E-state index is 5.59. The van der Waals surface area contributed by atoms with Gasteiger partial charge in [-0.2, -0.15) is 0 Å². The van der Waals surface area contributed by atoms with Gasteiger partial charge in [-0.1, -0.05) is 12.1 Å². The lowest BCUT2D eigenvalue weighted by molar-refractivity contribution is 0.187. The van der Waals surface area contributed by atoms with E-state index in [4.69, 9.17) is 9.72 Å². The first-order valence-corrected chi connectivity index (χ1v) is 6.55. The first-order chi connectivity index (χ1) is 8.85. The first-order valence-electron chi connectivity index (χ1n) is 6.55. The number of benzene rings is 1. The van der Waals surface area contributed by atoms with E-state index < -0.39 is 0 Å². The quantitative estimate of drug-likeness (QED) is 0.895. The summed E-state index contributed by atoms with van der Waals surface area (Å²) in [6.45, 7) is 4.65. The molecule has 1 aromatic carbocycles. The lowest BCUT2D eigenvalue weighted by atomic mass is 10.0. The van der Waals surface area contributed by atoms with Crippen molar-refractivity contribution in [3.8, 4) is 0 Å². The van der Waals surface area contributed by atoms with Crippen molar-refractivity contribution in [1.82, 2.24) is 14.9 Å². The number of hydrogen-bond acceptors (Lipinski definition) is 3. The van der Waals surface area contributed by atoms with Gasteiger partial charge in [-0.3, -0.25) is 0 Å². The smallest absolute Gasteiger partial charge is 0.116 e. The maximum Gasteiger partial charge on any atom is 0.116 e. The molecule has 2 atom stereocenters. The van der Waals surface area contributed by atoms with E-state index >= 15 is 0 Å². The van der Waals surface area contributed by atoms with Crippen molar-refractivity contribution < 1.29 is 4.74 Å². The number of aryl methyl sites for hydroxylation is 1. The van der Waals surface area contributed by atoms with Gasteiger partial charge in [-0.15, -0.1) is 0 Å². The largest absolute Gasteiger partial charge is 0.379 e. The number of para-hydroxylation sites is 2. The molecule has 1 aliphatic rings. The number of nitrogens with zero attached hydrogens (tertiary/aromatic N) is 2. The van der Waals surface area contributed by atoms with Crippen molar-refractivity contribution >= 4 is 11.0 Å². The molecule has 1 aliphatic heterocycles. The highest BCUT2D eigenvalue weighted by Gasteiger charge is 2.32. The molecule has 0 aliphatic carbocycles. The van der Waals surface area contributed by atoms with Crippen LogP contribution in [0.2, 0.25) is 0 Å². The van der Waals surface area contributed by atoms with Gasteiger partial charge >= 0.3 is 0 Å². The second kappa shape index (κ2) is 4.71. The zero-order valence-electron chi connectivity index (χ0n) is 10.9. The summed E-state index contributed by atoms with van der Waals surface area (Å²) in [7, 11) is 1.99. The van der Waals surface area contributed by atoms with Crippen LogP contribution in [0.3, 0.4) is 0 Å². The van der Waals surface area contributed by atoms with E-state index in [-0.39, 0.29) is 0 Å². The second-order valence-electron chi connectivity index (χ2n) is 4.74. The monoisotopic (exact) mass is 245 g/mol. The number of likely N-dealkylation sites (N-methyl/N-ethyl adjacent to an activating group) is 1. The molecule has 18 heavy (non-hydrogen) atoms. The number of hydrogen-bond donors (Lipinski definition) is 1. The third-order valence-corrected chi connectivity index (χ3v) is 3.78. The van der Waals surface area contributed by atoms with Crippen LogP contribution < -0.4 is 5.32 Å². The van der Waals surface area contributed by atoms with Gasteiger partial charge in [0.25, 0.3) is 0 Å². The summed E-state index contributed by atoms with van der Waals surface area (Å²) in [4.78, 5) is 4.81. The number of ether oxygens (including phenoxy) is 1. The van der Waals surface area contributed by atoms with Crippen LogP contribution in [0, 0.1) is 0 Å². The first kappa shape index (κ1) is 11.7. The van der Waals surface area contributed by atoms with Crippen LogP contribution in [0.25, 0.3) is 11.0 Å². The summed E-state index contributed by atoms with van der Waals surface area (Å²) in [5.41, 5.74) is 2.30. The minimum absolute atomic E-state index is 0.349. The van der Waals surface area contributed by atoms with Gasteiger partial charge in [0.2, 0.25) is 0 Å². The Labute approximate surface area is 107 Å². The predicted octanol–water partition coefficient (Wildman–Crippen LogP) is 1.76. The third kappa shape index (κ3) is 1.72. The number of nitrogens with one attached hydrogen (secondary N) is 1. The number of rotatable bonds is 3. The molecule has 1 fully saturated rings. The minimum Gasteiger partial charge on any atom is -0.379 e. The van der Waals surface area contributed by atoms with E-state index in [9.17, 15) is 0 Å². The standard InChI is InChI=1S/C14H19N3O/c1-3-17-13-7-5-4-6-11(13)16-14(17)10-8-18-9-12(10)15-2/h4-7,10,12,15H,3,8-9H2,1-2H3. The van der Waals surface area contributed by atoms with E-state index in [1.807, 2.05) is 13.1 Å². The molecule has 3 rings (SSSR count). The van der Waals surface area contributed by atoms with E-state index in [0.717, 1.165) is 31.1 Å².